The van der Waals surface area contributed by atoms with E-state index in [0.29, 0.717) is 6.54 Å². The number of carbonyl (C=O) groups excluding carboxylic acids is 1. The van der Waals surface area contributed by atoms with Crippen LogP contribution >= 0.6 is 0 Å². The van der Waals surface area contributed by atoms with Gasteiger partial charge in [-0.3, -0.25) is 4.79 Å². The minimum absolute atomic E-state index is 0.0231. The molecule has 3 aromatic rings. The van der Waals surface area contributed by atoms with Gasteiger partial charge in [0.1, 0.15) is 5.75 Å². The molecule has 0 aliphatic carbocycles. The summed E-state index contributed by atoms with van der Waals surface area (Å²) in [5.74, 6) is 0.780. The first kappa shape index (κ1) is 16.4. The molecule has 1 amide bonds. The molecule has 0 N–H and O–H groups in total. The molecule has 3 aromatic carbocycles. The summed E-state index contributed by atoms with van der Waals surface area (Å²) in [6.07, 6.45) is 1.93. The Kier molecular flexibility index (Phi) is 4.44. The van der Waals surface area contributed by atoms with Crippen molar-refractivity contribution in [2.45, 2.75) is 12.8 Å². The van der Waals surface area contributed by atoms with Gasteiger partial charge in [-0.25, -0.2) is 0 Å². The van der Waals surface area contributed by atoms with Crippen LogP contribution in [0.1, 0.15) is 22.3 Å². The lowest BCUT2D eigenvalue weighted by molar-refractivity contribution is 0.0985. The molecule has 0 atom stereocenters. The molecule has 0 unspecified atom stereocenters. The van der Waals surface area contributed by atoms with Crippen LogP contribution < -0.4 is 9.64 Å². The number of methoxy groups -OCH3 is 1. The number of amides is 1. The fourth-order valence-electron chi connectivity index (χ4n) is 3.67. The topological polar surface area (TPSA) is 29.5 Å². The lowest BCUT2D eigenvalue weighted by atomic mass is 9.96. The molecule has 1 heterocycles. The number of hydrogen-bond acceptors (Lipinski definition) is 2. The highest BCUT2D eigenvalue weighted by atomic mass is 16.5. The molecule has 0 spiro atoms. The molecular weight excluding hydrogens is 322 g/mol. The number of carbonyl (C=O) groups is 1. The maximum absolute atomic E-state index is 13.5. The van der Waals surface area contributed by atoms with Crippen LogP contribution in [0.25, 0.3) is 11.1 Å². The highest BCUT2D eigenvalue weighted by Gasteiger charge is 2.28. The van der Waals surface area contributed by atoms with Crippen molar-refractivity contribution in [3.05, 3.63) is 83.9 Å². The van der Waals surface area contributed by atoms with Gasteiger partial charge < -0.3 is 9.64 Å². The van der Waals surface area contributed by atoms with E-state index in [1.807, 2.05) is 71.6 Å². The second-order valence-corrected chi connectivity index (χ2v) is 6.44. The van der Waals surface area contributed by atoms with Gasteiger partial charge in [-0.05, 0) is 41.7 Å². The molecule has 0 saturated heterocycles. The van der Waals surface area contributed by atoms with Crippen LogP contribution in [0, 0.1) is 0 Å². The number of hydrogen-bond donors (Lipinski definition) is 0. The number of aryl methyl sites for hydroxylation is 1. The van der Waals surface area contributed by atoms with E-state index in [-0.39, 0.29) is 5.91 Å². The number of para-hydroxylation sites is 1. The smallest absolute Gasteiger partial charge is 0.259 e. The van der Waals surface area contributed by atoms with Gasteiger partial charge in [0.2, 0.25) is 0 Å². The summed E-state index contributed by atoms with van der Waals surface area (Å²) in [5.41, 5.74) is 4.81. The number of anilines is 1. The van der Waals surface area contributed by atoms with Crippen molar-refractivity contribution < 1.29 is 9.53 Å². The summed E-state index contributed by atoms with van der Waals surface area (Å²) in [4.78, 5) is 15.4. The van der Waals surface area contributed by atoms with Crippen molar-refractivity contribution in [1.29, 1.82) is 0 Å². The first-order valence-electron chi connectivity index (χ1n) is 8.92. The molecule has 0 saturated carbocycles. The van der Waals surface area contributed by atoms with Crippen LogP contribution in [0.15, 0.2) is 72.8 Å². The number of fused-ring (bicyclic) bond motifs is 1. The van der Waals surface area contributed by atoms with Gasteiger partial charge in [-0.15, -0.1) is 0 Å². The van der Waals surface area contributed by atoms with E-state index in [4.69, 9.17) is 4.74 Å². The van der Waals surface area contributed by atoms with E-state index in [0.717, 1.165) is 41.0 Å². The Hall–Kier alpha value is -3.07. The molecule has 1 aliphatic heterocycles. The van der Waals surface area contributed by atoms with Crippen molar-refractivity contribution in [3.63, 3.8) is 0 Å². The van der Waals surface area contributed by atoms with Crippen LogP contribution in [0.5, 0.6) is 5.75 Å². The third kappa shape index (κ3) is 2.86. The Labute approximate surface area is 153 Å². The van der Waals surface area contributed by atoms with Gasteiger partial charge in [-0.2, -0.15) is 0 Å². The van der Waals surface area contributed by atoms with Crippen LogP contribution in [0.3, 0.4) is 0 Å². The van der Waals surface area contributed by atoms with E-state index >= 15 is 0 Å². The van der Waals surface area contributed by atoms with E-state index in [1.54, 1.807) is 7.11 Å². The Balaban J connectivity index is 1.80. The Morgan fingerprint density at radius 1 is 0.923 bits per heavy atom. The maximum Gasteiger partial charge on any atom is 0.259 e. The zero-order valence-corrected chi connectivity index (χ0v) is 14.8. The summed E-state index contributed by atoms with van der Waals surface area (Å²) in [6.45, 7) is 0.704. The molecular formula is C23H21NO2. The Morgan fingerprint density at radius 3 is 2.50 bits per heavy atom. The first-order chi connectivity index (χ1) is 12.8. The van der Waals surface area contributed by atoms with Crippen LogP contribution in [0.4, 0.5) is 5.69 Å². The Bertz CT molecular complexity index is 920. The molecule has 130 valence electrons. The van der Waals surface area contributed by atoms with Crippen molar-refractivity contribution in [2.24, 2.45) is 0 Å². The molecule has 0 fully saturated rings. The van der Waals surface area contributed by atoms with Gasteiger partial charge in [-0.1, -0.05) is 60.7 Å². The fourth-order valence-corrected chi connectivity index (χ4v) is 3.67. The number of rotatable bonds is 3. The lowest BCUT2D eigenvalue weighted by Crippen LogP contribution is -2.36. The van der Waals surface area contributed by atoms with Crippen LogP contribution in [-0.4, -0.2) is 19.6 Å². The predicted octanol–water partition coefficient (Wildman–Crippen LogP) is 4.96. The van der Waals surface area contributed by atoms with Crippen LogP contribution in [-0.2, 0) is 6.42 Å². The summed E-state index contributed by atoms with van der Waals surface area (Å²) in [6, 6.07) is 23.9. The van der Waals surface area contributed by atoms with Gasteiger partial charge in [0.15, 0.2) is 0 Å². The van der Waals surface area contributed by atoms with E-state index in [2.05, 4.69) is 6.07 Å². The monoisotopic (exact) mass is 343 g/mol. The second-order valence-electron chi connectivity index (χ2n) is 6.44. The third-order valence-corrected chi connectivity index (χ3v) is 4.89. The van der Waals surface area contributed by atoms with Gasteiger partial charge in [0, 0.05) is 12.1 Å². The van der Waals surface area contributed by atoms with E-state index < -0.39 is 0 Å². The maximum atomic E-state index is 13.5. The normalized spacial score (nSPS) is 13.2. The lowest BCUT2D eigenvalue weighted by Gasteiger charge is -2.31. The largest absolute Gasteiger partial charge is 0.495 e. The number of ether oxygens (including phenoxy) is 1. The third-order valence-electron chi connectivity index (χ3n) is 4.89. The molecule has 3 nitrogen and oxygen atoms in total. The average Bonchev–Trinajstić information content (AvgIpc) is 2.73. The molecule has 4 rings (SSSR count). The van der Waals surface area contributed by atoms with Gasteiger partial charge in [0.05, 0.1) is 12.8 Å². The summed E-state index contributed by atoms with van der Waals surface area (Å²) in [5, 5.41) is 0. The van der Waals surface area contributed by atoms with Gasteiger partial charge in [0.25, 0.3) is 5.91 Å². The molecule has 1 aliphatic rings. The average molecular weight is 343 g/mol. The number of benzene rings is 3. The molecule has 0 radical (unpaired) electrons. The SMILES string of the molecule is COc1cccc2c1N(C(=O)c1ccccc1-c1ccccc1)CCC2. The van der Waals surface area contributed by atoms with Crippen molar-refractivity contribution in [3.8, 4) is 16.9 Å². The minimum atomic E-state index is 0.0231. The predicted molar refractivity (Wildman–Crippen MR) is 105 cm³/mol. The molecule has 3 heteroatoms. The van der Waals surface area contributed by atoms with Crippen molar-refractivity contribution in [1.82, 2.24) is 0 Å². The van der Waals surface area contributed by atoms with E-state index in [9.17, 15) is 4.79 Å². The molecule has 26 heavy (non-hydrogen) atoms. The van der Waals surface area contributed by atoms with Crippen LogP contribution in [0.2, 0.25) is 0 Å². The Morgan fingerprint density at radius 2 is 1.69 bits per heavy atom. The fraction of sp³-hybridized carbons (Fsp3) is 0.174. The summed E-state index contributed by atoms with van der Waals surface area (Å²) >= 11 is 0. The summed E-state index contributed by atoms with van der Waals surface area (Å²) in [7, 11) is 1.66. The number of nitrogens with zero attached hydrogens (tertiary/aromatic N) is 1. The zero-order chi connectivity index (χ0) is 17.9. The first-order valence-corrected chi connectivity index (χ1v) is 8.92. The quantitative estimate of drug-likeness (QED) is 0.673. The standard InChI is InChI=1S/C23H21NO2/c1-26-21-15-7-11-18-12-8-16-24(22(18)21)23(25)20-14-6-5-13-19(20)17-9-3-2-4-10-17/h2-7,9-11,13-15H,8,12,16H2,1H3. The van der Waals surface area contributed by atoms with Crippen molar-refractivity contribution >= 4 is 11.6 Å². The highest BCUT2D eigenvalue weighted by molar-refractivity contribution is 6.11. The molecule has 0 bridgehead atoms. The zero-order valence-electron chi connectivity index (χ0n) is 14.8. The second kappa shape index (κ2) is 7.04. The molecule has 0 aromatic heterocycles. The minimum Gasteiger partial charge on any atom is -0.495 e. The summed E-state index contributed by atoms with van der Waals surface area (Å²) < 4.78 is 5.55. The highest BCUT2D eigenvalue weighted by Crippen LogP contribution is 2.37. The van der Waals surface area contributed by atoms with E-state index in [1.165, 1.54) is 5.56 Å². The van der Waals surface area contributed by atoms with Gasteiger partial charge >= 0.3 is 0 Å². The van der Waals surface area contributed by atoms with Crippen molar-refractivity contribution in [2.75, 3.05) is 18.6 Å².